The molecule has 1 aliphatic heterocycles. The van der Waals surface area contributed by atoms with Crippen molar-refractivity contribution >= 4 is 23.1 Å². The number of rotatable bonds is 7. The average molecular weight is 462 g/mol. The van der Waals surface area contributed by atoms with Crippen LogP contribution in [0.4, 0.5) is 23.1 Å². The zero-order valence-corrected chi connectivity index (χ0v) is 20.0. The van der Waals surface area contributed by atoms with E-state index in [4.69, 9.17) is 4.98 Å². The van der Waals surface area contributed by atoms with Gasteiger partial charge in [-0.3, -0.25) is 0 Å². The van der Waals surface area contributed by atoms with Gasteiger partial charge in [0.1, 0.15) is 5.82 Å². The van der Waals surface area contributed by atoms with E-state index in [1.54, 1.807) is 0 Å². The third kappa shape index (κ3) is 4.24. The normalized spacial score (nSPS) is 32.6. The molecule has 2 unspecified atom stereocenters. The van der Waals surface area contributed by atoms with Crippen LogP contribution in [0.25, 0.3) is 0 Å². The fourth-order valence-corrected chi connectivity index (χ4v) is 7.63. The standard InChI is InChI=1S/C26H35N7O/c1-32-8-10-33(11-9-32)22-4-2-21(3-5-22)29-24-27-7-6-23(30-24)31-26-15-19-12-20(16-26)14-25(13-19,17-26)18-28-34/h2-7,19-20H,8-18H2,1H3,(H2,27,29,30,31). The molecule has 5 fully saturated rings. The molecule has 1 saturated heterocycles. The van der Waals surface area contributed by atoms with Gasteiger partial charge >= 0.3 is 0 Å². The van der Waals surface area contributed by atoms with Crippen molar-refractivity contribution in [2.75, 3.05) is 55.3 Å². The molecular formula is C26H35N7O. The van der Waals surface area contributed by atoms with Crippen molar-refractivity contribution in [3.8, 4) is 0 Å². The van der Waals surface area contributed by atoms with Crippen LogP contribution in [0.3, 0.4) is 0 Å². The molecule has 0 spiro atoms. The number of hydrogen-bond donors (Lipinski definition) is 2. The third-order valence-corrected chi connectivity index (χ3v) is 8.62. The summed E-state index contributed by atoms with van der Waals surface area (Å²) in [6.45, 7) is 4.79. The number of benzene rings is 1. The van der Waals surface area contributed by atoms with E-state index >= 15 is 0 Å². The van der Waals surface area contributed by atoms with Gasteiger partial charge in [0.05, 0.1) is 6.54 Å². The second-order valence-corrected chi connectivity index (χ2v) is 11.4. The predicted molar refractivity (Wildman–Crippen MR) is 136 cm³/mol. The Labute approximate surface area is 201 Å². The van der Waals surface area contributed by atoms with Crippen molar-refractivity contribution in [1.82, 2.24) is 14.9 Å². The van der Waals surface area contributed by atoms with Crippen molar-refractivity contribution in [3.63, 3.8) is 0 Å². The second-order valence-electron chi connectivity index (χ2n) is 11.4. The summed E-state index contributed by atoms with van der Waals surface area (Å²) >= 11 is 0. The van der Waals surface area contributed by atoms with Crippen LogP contribution in [-0.2, 0) is 0 Å². The predicted octanol–water partition coefficient (Wildman–Crippen LogP) is 4.49. The van der Waals surface area contributed by atoms with E-state index in [1.807, 2.05) is 12.3 Å². The molecule has 4 bridgehead atoms. The first-order valence-electron chi connectivity index (χ1n) is 12.7. The molecule has 8 heteroatoms. The highest BCUT2D eigenvalue weighted by Crippen LogP contribution is 2.62. The Morgan fingerprint density at radius 3 is 2.47 bits per heavy atom. The zero-order valence-electron chi connectivity index (χ0n) is 20.0. The minimum atomic E-state index is 0.0323. The van der Waals surface area contributed by atoms with E-state index in [1.165, 1.54) is 37.8 Å². The lowest BCUT2D eigenvalue weighted by Crippen LogP contribution is -2.60. The summed E-state index contributed by atoms with van der Waals surface area (Å²) in [4.78, 5) is 25.2. The zero-order chi connectivity index (χ0) is 23.2. The Morgan fingerprint density at radius 2 is 1.76 bits per heavy atom. The van der Waals surface area contributed by atoms with Gasteiger partial charge in [0.2, 0.25) is 5.95 Å². The van der Waals surface area contributed by atoms with Crippen LogP contribution in [0, 0.1) is 22.2 Å². The van der Waals surface area contributed by atoms with Gasteiger partial charge < -0.3 is 20.4 Å². The molecule has 2 heterocycles. The minimum Gasteiger partial charge on any atom is -0.369 e. The van der Waals surface area contributed by atoms with Gasteiger partial charge in [-0.2, -0.15) is 9.89 Å². The fourth-order valence-electron chi connectivity index (χ4n) is 7.63. The minimum absolute atomic E-state index is 0.0323. The second kappa shape index (κ2) is 8.48. The van der Waals surface area contributed by atoms with E-state index in [-0.39, 0.29) is 11.0 Å². The van der Waals surface area contributed by atoms with Gasteiger partial charge in [-0.25, -0.2) is 4.98 Å². The van der Waals surface area contributed by atoms with E-state index in [9.17, 15) is 4.91 Å². The molecular weight excluding hydrogens is 426 g/mol. The molecule has 180 valence electrons. The monoisotopic (exact) mass is 461 g/mol. The number of nitrogens with zero attached hydrogens (tertiary/aromatic N) is 5. The van der Waals surface area contributed by atoms with Crippen molar-refractivity contribution in [1.29, 1.82) is 0 Å². The lowest BCUT2D eigenvalue weighted by atomic mass is 9.47. The summed E-state index contributed by atoms with van der Waals surface area (Å²) in [5.74, 6) is 2.87. The Balaban J connectivity index is 1.14. The molecule has 34 heavy (non-hydrogen) atoms. The number of piperazine rings is 1. The largest absolute Gasteiger partial charge is 0.369 e. The molecule has 7 rings (SSSR count). The van der Waals surface area contributed by atoms with Gasteiger partial charge in [0.25, 0.3) is 0 Å². The van der Waals surface area contributed by atoms with Gasteiger partial charge in [-0.05, 0) is 93.2 Å². The van der Waals surface area contributed by atoms with Crippen molar-refractivity contribution in [3.05, 3.63) is 41.4 Å². The van der Waals surface area contributed by atoms with Crippen LogP contribution >= 0.6 is 0 Å². The highest BCUT2D eigenvalue weighted by molar-refractivity contribution is 5.60. The van der Waals surface area contributed by atoms with Crippen molar-refractivity contribution in [2.45, 2.75) is 44.1 Å². The summed E-state index contributed by atoms with van der Waals surface area (Å²) < 4.78 is 0. The molecule has 1 aromatic heterocycles. The molecule has 0 amide bonds. The van der Waals surface area contributed by atoms with Crippen molar-refractivity contribution in [2.24, 2.45) is 22.4 Å². The Hall–Kier alpha value is -2.74. The van der Waals surface area contributed by atoms with Crippen LogP contribution in [0.2, 0.25) is 0 Å². The SMILES string of the molecule is CN1CCN(c2ccc(Nc3nccc(NC45CC6CC(CC(CN=O)(C6)C4)C5)n3)cc2)CC1. The Morgan fingerprint density at radius 1 is 1.03 bits per heavy atom. The average Bonchev–Trinajstić information content (AvgIpc) is 2.79. The van der Waals surface area contributed by atoms with Crippen LogP contribution in [0.15, 0.2) is 41.7 Å². The molecule has 4 aliphatic carbocycles. The molecule has 5 aliphatic rings. The Bertz CT molecular complexity index is 1020. The van der Waals surface area contributed by atoms with Gasteiger partial charge in [0, 0.05) is 49.3 Å². The lowest BCUT2D eigenvalue weighted by molar-refractivity contribution is -0.0533. The third-order valence-electron chi connectivity index (χ3n) is 8.62. The van der Waals surface area contributed by atoms with E-state index < -0.39 is 0 Å². The number of nitroso groups, excluding NO2 is 1. The van der Waals surface area contributed by atoms with E-state index in [0.717, 1.165) is 44.1 Å². The van der Waals surface area contributed by atoms with E-state index in [2.05, 4.69) is 61.9 Å². The van der Waals surface area contributed by atoms with Crippen LogP contribution < -0.4 is 15.5 Å². The van der Waals surface area contributed by atoms with Gasteiger partial charge in [-0.15, -0.1) is 0 Å². The van der Waals surface area contributed by atoms with Crippen LogP contribution in [0.1, 0.15) is 38.5 Å². The highest BCUT2D eigenvalue weighted by Gasteiger charge is 2.58. The first-order valence-corrected chi connectivity index (χ1v) is 12.7. The van der Waals surface area contributed by atoms with Crippen molar-refractivity contribution < 1.29 is 0 Å². The maximum atomic E-state index is 11.2. The van der Waals surface area contributed by atoms with Crippen LogP contribution in [-0.4, -0.2) is 60.2 Å². The number of hydrogen-bond acceptors (Lipinski definition) is 8. The number of nitrogens with one attached hydrogen (secondary N) is 2. The maximum Gasteiger partial charge on any atom is 0.229 e. The van der Waals surface area contributed by atoms with Crippen LogP contribution in [0.5, 0.6) is 0 Å². The first-order chi connectivity index (χ1) is 16.5. The molecule has 1 aromatic carbocycles. The summed E-state index contributed by atoms with van der Waals surface area (Å²) in [7, 11) is 2.18. The number of anilines is 4. The first kappa shape index (κ1) is 21.8. The molecule has 2 atom stereocenters. The fraction of sp³-hybridized carbons (Fsp3) is 0.615. The summed E-state index contributed by atoms with van der Waals surface area (Å²) in [6, 6.07) is 10.5. The molecule has 8 nitrogen and oxygen atoms in total. The van der Waals surface area contributed by atoms with E-state index in [0.29, 0.717) is 24.3 Å². The summed E-state index contributed by atoms with van der Waals surface area (Å²) in [5, 5.41) is 10.5. The summed E-state index contributed by atoms with van der Waals surface area (Å²) in [6.07, 6.45) is 8.83. The van der Waals surface area contributed by atoms with Gasteiger partial charge in [-0.1, -0.05) is 5.18 Å². The Kier molecular flexibility index (Phi) is 5.43. The lowest BCUT2D eigenvalue weighted by Gasteiger charge is -2.61. The highest BCUT2D eigenvalue weighted by atomic mass is 16.3. The number of aromatic nitrogens is 2. The molecule has 2 N–H and O–H groups in total. The number of likely N-dealkylation sites (N-methyl/N-ethyl adjacent to an activating group) is 1. The quantitative estimate of drug-likeness (QED) is 0.588. The van der Waals surface area contributed by atoms with Gasteiger partial charge in [0.15, 0.2) is 0 Å². The molecule has 0 radical (unpaired) electrons. The smallest absolute Gasteiger partial charge is 0.229 e. The summed E-state index contributed by atoms with van der Waals surface area (Å²) in [5.41, 5.74) is 2.37. The molecule has 2 aromatic rings. The maximum absolute atomic E-state index is 11.2. The molecule has 4 saturated carbocycles. The topological polar surface area (TPSA) is 85.8 Å².